The molecule has 4 amide bonds. The molecule has 6 atom stereocenters. The predicted molar refractivity (Wildman–Crippen MR) is 142 cm³/mol. The Kier molecular flexibility index (Phi) is 6.23. The summed E-state index contributed by atoms with van der Waals surface area (Å²) in [5.41, 5.74) is 1.14. The number of hydrogen-bond donors (Lipinski definition) is 4. The number of carbonyl (C=O) groups excluding carboxylic acids is 5. The van der Waals surface area contributed by atoms with Crippen LogP contribution in [0.2, 0.25) is 0 Å². The van der Waals surface area contributed by atoms with E-state index in [4.69, 9.17) is 0 Å². The van der Waals surface area contributed by atoms with Gasteiger partial charge in [-0.05, 0) is 61.0 Å². The van der Waals surface area contributed by atoms with E-state index in [1.54, 1.807) is 11.0 Å². The number of benzene rings is 1. The lowest BCUT2D eigenvalue weighted by Gasteiger charge is -2.33. The third-order valence-electron chi connectivity index (χ3n) is 9.37. The summed E-state index contributed by atoms with van der Waals surface area (Å²) in [6, 6.07) is 7.13. The minimum Gasteiger partial charge on any atom is -0.356 e. The van der Waals surface area contributed by atoms with E-state index in [9.17, 15) is 24.0 Å². The maximum Gasteiger partial charge on any atom is 0.268 e. The van der Waals surface area contributed by atoms with Gasteiger partial charge < -0.3 is 30.6 Å². The van der Waals surface area contributed by atoms with E-state index in [2.05, 4.69) is 34.8 Å². The number of rotatable bonds is 9. The van der Waals surface area contributed by atoms with Gasteiger partial charge in [-0.1, -0.05) is 32.0 Å². The fourth-order valence-electron chi connectivity index (χ4n) is 6.81. The lowest BCUT2D eigenvalue weighted by Crippen LogP contribution is -2.57. The number of nitrogens with one attached hydrogen (secondary N) is 4. The highest BCUT2D eigenvalue weighted by atomic mass is 16.2. The van der Waals surface area contributed by atoms with Gasteiger partial charge in [0, 0.05) is 29.9 Å². The van der Waals surface area contributed by atoms with E-state index in [1.807, 2.05) is 24.3 Å². The first-order valence-corrected chi connectivity index (χ1v) is 13.9. The summed E-state index contributed by atoms with van der Waals surface area (Å²) >= 11 is 0. The number of fused-ring (bicyclic) bond motifs is 2. The van der Waals surface area contributed by atoms with Gasteiger partial charge in [-0.15, -0.1) is 0 Å². The molecule has 4 N–H and O–H groups in total. The fourth-order valence-corrected chi connectivity index (χ4v) is 6.81. The second-order valence-electron chi connectivity index (χ2n) is 12.2. The molecule has 2 saturated heterocycles. The molecule has 6 rings (SSSR count). The first-order chi connectivity index (χ1) is 18.7. The normalized spacial score (nSPS) is 28.4. The van der Waals surface area contributed by atoms with Crippen molar-refractivity contribution in [3.63, 3.8) is 0 Å². The Morgan fingerprint density at radius 3 is 2.59 bits per heavy atom. The van der Waals surface area contributed by atoms with Crippen LogP contribution in [0.3, 0.4) is 0 Å². The average molecular weight is 534 g/mol. The molecule has 1 aromatic heterocycles. The molecule has 0 bridgehead atoms. The van der Waals surface area contributed by atoms with Crippen molar-refractivity contribution in [2.45, 2.75) is 57.7 Å². The minimum atomic E-state index is -0.801. The highest BCUT2D eigenvalue weighted by Crippen LogP contribution is 2.65. The van der Waals surface area contributed by atoms with Crippen molar-refractivity contribution in [3.8, 4) is 0 Å². The zero-order chi connectivity index (χ0) is 27.5. The Morgan fingerprint density at radius 2 is 1.92 bits per heavy atom. The minimum absolute atomic E-state index is 0.0206. The van der Waals surface area contributed by atoms with Crippen LogP contribution in [0.4, 0.5) is 0 Å². The van der Waals surface area contributed by atoms with Gasteiger partial charge >= 0.3 is 0 Å². The molecule has 2 aliphatic heterocycles. The Bertz CT molecular complexity index is 1310. The van der Waals surface area contributed by atoms with Gasteiger partial charge in [-0.2, -0.15) is 0 Å². The monoisotopic (exact) mass is 533 g/mol. The lowest BCUT2D eigenvalue weighted by atomic mass is 9.97. The molecule has 2 aromatic rings. The largest absolute Gasteiger partial charge is 0.356 e. The number of hydrogen-bond acceptors (Lipinski definition) is 5. The molecule has 0 spiro atoms. The topological polar surface area (TPSA) is 140 Å². The van der Waals surface area contributed by atoms with Crippen LogP contribution < -0.4 is 16.0 Å². The van der Waals surface area contributed by atoms with Crippen LogP contribution in [-0.4, -0.2) is 71.0 Å². The molecule has 3 heterocycles. The first-order valence-electron chi connectivity index (χ1n) is 13.9. The summed E-state index contributed by atoms with van der Waals surface area (Å²) in [6.45, 7) is 5.20. The first kappa shape index (κ1) is 25.6. The molecule has 0 unspecified atom stereocenters. The summed E-state index contributed by atoms with van der Waals surface area (Å²) in [5, 5.41) is 9.45. The van der Waals surface area contributed by atoms with E-state index in [1.165, 1.54) is 0 Å². The second kappa shape index (κ2) is 9.50. The van der Waals surface area contributed by atoms with Crippen LogP contribution in [0.25, 0.3) is 10.9 Å². The van der Waals surface area contributed by atoms with E-state index in [0.717, 1.165) is 23.7 Å². The maximum atomic E-state index is 13.9. The summed E-state index contributed by atoms with van der Waals surface area (Å²) in [6.07, 6.45) is 3.22. The van der Waals surface area contributed by atoms with Gasteiger partial charge in [-0.25, -0.2) is 0 Å². The third kappa shape index (κ3) is 4.59. The molecule has 10 nitrogen and oxygen atoms in total. The molecule has 2 saturated carbocycles. The van der Waals surface area contributed by atoms with Crippen molar-refractivity contribution in [2.75, 3.05) is 13.1 Å². The molecule has 39 heavy (non-hydrogen) atoms. The molecule has 4 aliphatic rings. The molecule has 206 valence electrons. The second-order valence-corrected chi connectivity index (χ2v) is 12.2. The fraction of sp³-hybridized carbons (Fsp3) is 0.552. The van der Waals surface area contributed by atoms with Gasteiger partial charge in [0.2, 0.25) is 17.7 Å². The van der Waals surface area contributed by atoms with Gasteiger partial charge in [0.15, 0.2) is 0 Å². The SMILES string of the molecule is CC1(C)[C@@H]2[C@@H](C(=O)N[C@H](C=O)C[C@@H]3CCNC3=O)N(C(=O)[C@@H](NC(=O)c3cc4ccccc4[nH]3)C3CC3)C[C@@H]21. The van der Waals surface area contributed by atoms with Crippen LogP contribution in [0.5, 0.6) is 0 Å². The van der Waals surface area contributed by atoms with Crippen LogP contribution in [0, 0.1) is 29.1 Å². The predicted octanol–water partition coefficient (Wildman–Crippen LogP) is 1.37. The quantitative estimate of drug-likeness (QED) is 0.361. The Hall–Kier alpha value is -3.69. The van der Waals surface area contributed by atoms with Crippen molar-refractivity contribution >= 4 is 40.8 Å². The number of piperidine rings is 1. The van der Waals surface area contributed by atoms with E-state index >= 15 is 0 Å². The zero-order valence-electron chi connectivity index (χ0n) is 22.2. The molecule has 4 fully saturated rings. The number of nitrogens with zero attached hydrogens (tertiary/aromatic N) is 1. The van der Waals surface area contributed by atoms with Crippen molar-refractivity contribution < 1.29 is 24.0 Å². The van der Waals surface area contributed by atoms with Crippen molar-refractivity contribution in [1.29, 1.82) is 0 Å². The van der Waals surface area contributed by atoms with Gasteiger partial charge in [0.25, 0.3) is 5.91 Å². The molecule has 2 aliphatic carbocycles. The number of aromatic nitrogens is 1. The highest BCUT2D eigenvalue weighted by Gasteiger charge is 2.69. The van der Waals surface area contributed by atoms with E-state index in [-0.39, 0.29) is 59.1 Å². The molecule has 10 heteroatoms. The Morgan fingerprint density at radius 1 is 1.15 bits per heavy atom. The zero-order valence-corrected chi connectivity index (χ0v) is 22.2. The molecular weight excluding hydrogens is 498 g/mol. The van der Waals surface area contributed by atoms with Crippen molar-refractivity contribution in [3.05, 3.63) is 36.0 Å². The van der Waals surface area contributed by atoms with E-state index < -0.39 is 18.1 Å². The number of carbonyl (C=O) groups is 5. The van der Waals surface area contributed by atoms with Crippen LogP contribution in [0.15, 0.2) is 30.3 Å². The van der Waals surface area contributed by atoms with Crippen molar-refractivity contribution in [1.82, 2.24) is 25.8 Å². The number of para-hydroxylation sites is 1. The summed E-state index contributed by atoms with van der Waals surface area (Å²) < 4.78 is 0. The number of H-pyrrole nitrogens is 1. The number of likely N-dealkylation sites (tertiary alicyclic amines) is 1. The summed E-state index contributed by atoms with van der Waals surface area (Å²) in [4.78, 5) is 69.3. The van der Waals surface area contributed by atoms with Gasteiger partial charge in [0.05, 0.1) is 6.04 Å². The molecule has 1 aromatic carbocycles. The number of amides is 4. The van der Waals surface area contributed by atoms with Gasteiger partial charge in [0.1, 0.15) is 24.1 Å². The molecular formula is C29H35N5O5. The highest BCUT2D eigenvalue weighted by molar-refractivity contribution is 6.01. The molecule has 0 radical (unpaired) electrons. The van der Waals surface area contributed by atoms with Crippen LogP contribution in [-0.2, 0) is 19.2 Å². The standard InChI is InChI=1S/C29H35N5O5/c1-29(2)19-13-34(24(22(19)29)27(38)31-18(14-35)11-17-9-10-30-25(17)36)28(39)23(15-7-8-15)33-26(37)21-12-16-5-3-4-6-20(16)32-21/h3-6,12,14-15,17-19,22-24,32H,7-11,13H2,1-2H3,(H,30,36)(H,31,38)(H,33,37)/t17-,18-,19-,22-,23-,24-/m0/s1. The Balaban J connectivity index is 1.18. The van der Waals surface area contributed by atoms with E-state index in [0.29, 0.717) is 31.5 Å². The summed E-state index contributed by atoms with van der Waals surface area (Å²) in [7, 11) is 0. The lowest BCUT2D eigenvalue weighted by molar-refractivity contribution is -0.142. The maximum absolute atomic E-state index is 13.9. The smallest absolute Gasteiger partial charge is 0.268 e. The Labute approximate surface area is 226 Å². The number of aldehydes is 1. The number of aromatic amines is 1. The van der Waals surface area contributed by atoms with Gasteiger partial charge in [-0.3, -0.25) is 19.2 Å². The third-order valence-corrected chi connectivity index (χ3v) is 9.37. The van der Waals surface area contributed by atoms with Crippen LogP contribution in [0.1, 0.15) is 50.0 Å². The summed E-state index contributed by atoms with van der Waals surface area (Å²) in [5.74, 6) is -1.19. The van der Waals surface area contributed by atoms with Crippen LogP contribution >= 0.6 is 0 Å². The van der Waals surface area contributed by atoms with Crippen molar-refractivity contribution in [2.24, 2.45) is 29.1 Å². The average Bonchev–Trinajstić information content (AvgIpc) is 3.58.